The van der Waals surface area contributed by atoms with E-state index in [0.717, 1.165) is 50.5 Å². The van der Waals surface area contributed by atoms with Crippen LogP contribution in [0.1, 0.15) is 92.4 Å². The molecule has 0 bridgehead atoms. The highest BCUT2D eigenvalue weighted by atomic mass is 16.3. The second kappa shape index (κ2) is 13.2. The minimum absolute atomic E-state index is 0.0365. The molecule has 0 aliphatic heterocycles. The van der Waals surface area contributed by atoms with E-state index in [1.54, 1.807) is 0 Å². The Morgan fingerprint density at radius 3 is 2.21 bits per heavy atom. The zero-order valence-corrected chi connectivity index (χ0v) is 19.0. The van der Waals surface area contributed by atoms with Crippen LogP contribution in [0.3, 0.4) is 0 Å². The third-order valence-corrected chi connectivity index (χ3v) is 5.19. The number of carbonyl (C=O) groups excluding carboxylic acids is 2. The summed E-state index contributed by atoms with van der Waals surface area (Å²) in [6.45, 7) is 11.1. The maximum Gasteiger partial charge on any atom is 0.233 e. The monoisotopic (exact) mass is 401 g/mol. The third-order valence-electron chi connectivity index (χ3n) is 5.19. The van der Waals surface area contributed by atoms with Crippen molar-refractivity contribution in [1.29, 1.82) is 0 Å². The molecule has 0 aromatic rings. The Bertz CT molecular complexity index is 704. The van der Waals surface area contributed by atoms with Crippen LogP contribution in [-0.2, 0) is 9.59 Å². The van der Waals surface area contributed by atoms with Gasteiger partial charge in [0.25, 0.3) is 0 Å². The number of nitrogens with one attached hydrogen (secondary N) is 1. The van der Waals surface area contributed by atoms with Crippen LogP contribution in [0, 0.1) is 0 Å². The lowest BCUT2D eigenvalue weighted by Gasteiger charge is -2.22. The largest absolute Gasteiger partial charge is 0.505 e. The third kappa shape index (κ3) is 8.04. The lowest BCUT2D eigenvalue weighted by molar-refractivity contribution is -0.132. The van der Waals surface area contributed by atoms with Crippen molar-refractivity contribution < 1.29 is 14.7 Å². The summed E-state index contributed by atoms with van der Waals surface area (Å²) in [5.74, 6) is -1.04. The normalized spacial score (nSPS) is 15.3. The number of hydrogen-bond donors (Lipinski definition) is 2. The van der Waals surface area contributed by atoms with Gasteiger partial charge in [0.2, 0.25) is 11.6 Å². The first-order chi connectivity index (χ1) is 13.8. The predicted molar refractivity (Wildman–Crippen MR) is 121 cm³/mol. The summed E-state index contributed by atoms with van der Waals surface area (Å²) in [7, 11) is 0. The van der Waals surface area contributed by atoms with Crippen LogP contribution in [-0.4, -0.2) is 23.2 Å². The smallest absolute Gasteiger partial charge is 0.233 e. The van der Waals surface area contributed by atoms with Crippen LogP contribution >= 0.6 is 0 Å². The molecular weight excluding hydrogens is 362 g/mol. The molecule has 1 rings (SSSR count). The zero-order valence-electron chi connectivity index (χ0n) is 19.0. The standard InChI is InChI=1S/C25H39NO3/c1-6-8-10-14-20-22(26-17-9-7-2)23(27)21(25(29)24(20)28)16-15-19(5)13-11-12-18(3)4/h12,15,26-27H,6-11,13-14,16-17H2,1-5H3. The van der Waals surface area contributed by atoms with Crippen LogP contribution in [0.15, 0.2) is 45.9 Å². The number of rotatable bonds is 13. The van der Waals surface area contributed by atoms with Gasteiger partial charge < -0.3 is 10.4 Å². The van der Waals surface area contributed by atoms with Crippen molar-refractivity contribution >= 4 is 11.6 Å². The minimum atomic E-state index is -0.552. The number of aliphatic hydroxyl groups excluding tert-OH is 1. The van der Waals surface area contributed by atoms with Crippen molar-refractivity contribution in [1.82, 2.24) is 5.32 Å². The number of Topliss-reactive ketones (excluding diaryl/α,β-unsaturated/α-hetero) is 2. The first-order valence-electron chi connectivity index (χ1n) is 11.1. The van der Waals surface area contributed by atoms with Gasteiger partial charge in [0.05, 0.1) is 11.3 Å². The summed E-state index contributed by atoms with van der Waals surface area (Å²) in [6, 6.07) is 0. The summed E-state index contributed by atoms with van der Waals surface area (Å²) in [4.78, 5) is 25.5. The Hall–Kier alpha value is -2.10. The summed E-state index contributed by atoms with van der Waals surface area (Å²) < 4.78 is 0. The van der Waals surface area contributed by atoms with Gasteiger partial charge in [0.15, 0.2) is 0 Å². The lowest BCUT2D eigenvalue weighted by Crippen LogP contribution is -2.32. The van der Waals surface area contributed by atoms with Gasteiger partial charge >= 0.3 is 0 Å². The van der Waals surface area contributed by atoms with Crippen molar-refractivity contribution in [3.8, 4) is 0 Å². The molecule has 0 radical (unpaired) electrons. The highest BCUT2D eigenvalue weighted by Crippen LogP contribution is 2.29. The molecule has 0 fully saturated rings. The average molecular weight is 402 g/mol. The SMILES string of the molecule is CCCCCC1=C(NCCCC)C(O)=C(CC=C(C)CCC=C(C)C)C(=O)C1=O. The van der Waals surface area contributed by atoms with Crippen molar-refractivity contribution in [2.75, 3.05) is 6.54 Å². The van der Waals surface area contributed by atoms with Crippen LogP contribution in [0.4, 0.5) is 0 Å². The second-order valence-electron chi connectivity index (χ2n) is 8.15. The fourth-order valence-corrected chi connectivity index (χ4v) is 3.32. The fourth-order valence-electron chi connectivity index (χ4n) is 3.32. The van der Waals surface area contributed by atoms with E-state index in [1.807, 2.05) is 13.0 Å². The molecule has 0 unspecified atom stereocenters. The molecule has 0 atom stereocenters. The molecule has 0 heterocycles. The van der Waals surface area contributed by atoms with Crippen molar-refractivity contribution in [3.63, 3.8) is 0 Å². The van der Waals surface area contributed by atoms with E-state index in [2.05, 4.69) is 39.1 Å². The van der Waals surface area contributed by atoms with Gasteiger partial charge in [-0.25, -0.2) is 0 Å². The lowest BCUT2D eigenvalue weighted by atomic mass is 9.87. The average Bonchev–Trinajstić information content (AvgIpc) is 2.67. The Balaban J connectivity index is 3.08. The Morgan fingerprint density at radius 2 is 1.59 bits per heavy atom. The molecule has 0 amide bonds. The van der Waals surface area contributed by atoms with Crippen molar-refractivity contribution in [2.45, 2.75) is 92.4 Å². The number of aliphatic hydroxyl groups is 1. The topological polar surface area (TPSA) is 66.4 Å². The van der Waals surface area contributed by atoms with Gasteiger partial charge in [-0.3, -0.25) is 9.59 Å². The van der Waals surface area contributed by atoms with Gasteiger partial charge in [0, 0.05) is 12.1 Å². The minimum Gasteiger partial charge on any atom is -0.505 e. The maximum absolute atomic E-state index is 12.8. The molecule has 4 nitrogen and oxygen atoms in total. The number of unbranched alkanes of at least 4 members (excludes halogenated alkanes) is 3. The van der Waals surface area contributed by atoms with Gasteiger partial charge in [-0.15, -0.1) is 0 Å². The number of ketones is 2. The van der Waals surface area contributed by atoms with Crippen molar-refractivity contribution in [3.05, 3.63) is 45.9 Å². The first kappa shape index (κ1) is 24.9. The van der Waals surface area contributed by atoms with E-state index in [4.69, 9.17) is 0 Å². The molecule has 2 N–H and O–H groups in total. The van der Waals surface area contributed by atoms with Gasteiger partial charge in [0.1, 0.15) is 5.76 Å². The van der Waals surface area contributed by atoms with E-state index < -0.39 is 11.6 Å². The molecule has 1 aliphatic carbocycles. The van der Waals surface area contributed by atoms with E-state index in [0.29, 0.717) is 24.2 Å². The van der Waals surface area contributed by atoms with Crippen molar-refractivity contribution in [2.24, 2.45) is 0 Å². The molecule has 162 valence electrons. The van der Waals surface area contributed by atoms with E-state index in [-0.39, 0.29) is 17.8 Å². The van der Waals surface area contributed by atoms with Gasteiger partial charge in [-0.2, -0.15) is 0 Å². The second-order valence-corrected chi connectivity index (χ2v) is 8.15. The molecular formula is C25H39NO3. The maximum atomic E-state index is 12.8. The fraction of sp³-hybridized carbons (Fsp3) is 0.600. The van der Waals surface area contributed by atoms with Crippen LogP contribution in [0.2, 0.25) is 0 Å². The summed E-state index contributed by atoms with van der Waals surface area (Å²) in [5, 5.41) is 14.1. The first-order valence-corrected chi connectivity index (χ1v) is 11.1. The van der Waals surface area contributed by atoms with Crippen LogP contribution < -0.4 is 5.32 Å². The van der Waals surface area contributed by atoms with Crippen LogP contribution in [0.25, 0.3) is 0 Å². The molecule has 0 saturated carbocycles. The van der Waals surface area contributed by atoms with E-state index in [1.165, 1.54) is 5.57 Å². The summed E-state index contributed by atoms with van der Waals surface area (Å²) >= 11 is 0. The highest BCUT2D eigenvalue weighted by molar-refractivity contribution is 6.50. The molecule has 0 saturated heterocycles. The molecule has 1 aliphatic rings. The molecule has 4 heteroatoms. The molecule has 0 aromatic heterocycles. The number of hydrogen-bond acceptors (Lipinski definition) is 4. The molecule has 29 heavy (non-hydrogen) atoms. The Morgan fingerprint density at radius 1 is 0.931 bits per heavy atom. The van der Waals surface area contributed by atoms with E-state index in [9.17, 15) is 14.7 Å². The van der Waals surface area contributed by atoms with Gasteiger partial charge in [-0.1, -0.05) is 56.4 Å². The number of allylic oxidation sites excluding steroid dienone is 6. The van der Waals surface area contributed by atoms with E-state index >= 15 is 0 Å². The molecule has 0 aromatic carbocycles. The predicted octanol–water partition coefficient (Wildman–Crippen LogP) is 6.26. The highest BCUT2D eigenvalue weighted by Gasteiger charge is 2.34. The summed E-state index contributed by atoms with van der Waals surface area (Å²) in [6.07, 6.45) is 11.7. The molecule has 0 spiro atoms. The number of carbonyl (C=O) groups is 2. The van der Waals surface area contributed by atoms with Gasteiger partial charge in [-0.05, 0) is 59.3 Å². The van der Waals surface area contributed by atoms with Crippen LogP contribution in [0.5, 0.6) is 0 Å². The summed E-state index contributed by atoms with van der Waals surface area (Å²) in [5.41, 5.74) is 3.58. The zero-order chi connectivity index (χ0) is 21.8. The quantitative estimate of drug-likeness (QED) is 0.165. The Labute approximate surface area is 176 Å². The Kier molecular flexibility index (Phi) is 11.3.